The van der Waals surface area contributed by atoms with E-state index in [2.05, 4.69) is 20.2 Å². The van der Waals surface area contributed by atoms with Crippen molar-refractivity contribution in [2.24, 2.45) is 5.92 Å². The van der Waals surface area contributed by atoms with Crippen molar-refractivity contribution < 1.29 is 8.42 Å². The predicted molar refractivity (Wildman–Crippen MR) is 73.2 cm³/mol. The maximum atomic E-state index is 12.3. The van der Waals surface area contributed by atoms with E-state index in [9.17, 15) is 8.42 Å². The Morgan fingerprint density at radius 3 is 2.79 bits per heavy atom. The van der Waals surface area contributed by atoms with Crippen LogP contribution in [0.3, 0.4) is 0 Å². The first-order valence-corrected chi connectivity index (χ1v) is 8.27. The van der Waals surface area contributed by atoms with Crippen LogP contribution in [0.25, 0.3) is 0 Å². The highest BCUT2D eigenvalue weighted by Gasteiger charge is 2.25. The van der Waals surface area contributed by atoms with Crippen molar-refractivity contribution >= 4 is 10.0 Å². The van der Waals surface area contributed by atoms with Gasteiger partial charge in [0.1, 0.15) is 4.90 Å². The maximum Gasteiger partial charge on any atom is 0.244 e. The summed E-state index contributed by atoms with van der Waals surface area (Å²) in [5.41, 5.74) is 1.14. The van der Waals surface area contributed by atoms with Crippen LogP contribution < -0.4 is 10.0 Å². The zero-order chi connectivity index (χ0) is 13.9. The normalized spacial score (nSPS) is 15.9. The molecule has 1 aromatic rings. The van der Waals surface area contributed by atoms with Gasteiger partial charge >= 0.3 is 0 Å². The van der Waals surface area contributed by atoms with Gasteiger partial charge in [-0.25, -0.2) is 13.1 Å². The van der Waals surface area contributed by atoms with Gasteiger partial charge in [-0.1, -0.05) is 19.8 Å². The van der Waals surface area contributed by atoms with Gasteiger partial charge in [-0.2, -0.15) is 5.10 Å². The molecule has 0 amide bonds. The molecule has 0 atom stereocenters. The molecular weight excluding hydrogens is 264 g/mol. The minimum Gasteiger partial charge on any atom is -0.311 e. The summed E-state index contributed by atoms with van der Waals surface area (Å²) in [4.78, 5) is 0.296. The van der Waals surface area contributed by atoms with E-state index in [1.54, 1.807) is 6.92 Å². The van der Waals surface area contributed by atoms with Crippen LogP contribution in [0.2, 0.25) is 0 Å². The molecule has 0 saturated heterocycles. The maximum absolute atomic E-state index is 12.3. The lowest BCUT2D eigenvalue weighted by Gasteiger charge is -2.08. The molecule has 0 unspecified atom stereocenters. The van der Waals surface area contributed by atoms with E-state index in [1.807, 2.05) is 6.92 Å². The second kappa shape index (κ2) is 6.02. The topological polar surface area (TPSA) is 86.9 Å². The van der Waals surface area contributed by atoms with E-state index in [0.29, 0.717) is 29.4 Å². The molecule has 0 aliphatic heterocycles. The van der Waals surface area contributed by atoms with Gasteiger partial charge in [0.25, 0.3) is 0 Å². The SMILES string of the molecule is CCNCc1n[nH]c(C)c1S(=O)(=O)NCCC1CC1. The molecule has 1 aromatic heterocycles. The molecule has 0 radical (unpaired) electrons. The number of sulfonamides is 1. The number of hydrogen-bond acceptors (Lipinski definition) is 4. The first-order chi connectivity index (χ1) is 9.04. The lowest BCUT2D eigenvalue weighted by molar-refractivity contribution is 0.572. The van der Waals surface area contributed by atoms with Gasteiger partial charge in [-0.3, -0.25) is 5.10 Å². The van der Waals surface area contributed by atoms with Crippen molar-refractivity contribution in [3.63, 3.8) is 0 Å². The first-order valence-electron chi connectivity index (χ1n) is 6.78. The van der Waals surface area contributed by atoms with Gasteiger partial charge < -0.3 is 5.32 Å². The Balaban J connectivity index is 2.06. The van der Waals surface area contributed by atoms with Gasteiger partial charge in [0.2, 0.25) is 10.0 Å². The lowest BCUT2D eigenvalue weighted by Crippen LogP contribution is -2.27. The van der Waals surface area contributed by atoms with E-state index in [-0.39, 0.29) is 0 Å². The van der Waals surface area contributed by atoms with Crippen molar-refractivity contribution in [2.75, 3.05) is 13.1 Å². The minimum atomic E-state index is -3.46. The number of hydrogen-bond donors (Lipinski definition) is 3. The zero-order valence-corrected chi connectivity index (χ0v) is 12.3. The number of aromatic amines is 1. The average molecular weight is 286 g/mol. The molecule has 0 spiro atoms. The first kappa shape index (κ1) is 14.5. The lowest BCUT2D eigenvalue weighted by atomic mass is 10.3. The van der Waals surface area contributed by atoms with E-state index < -0.39 is 10.0 Å². The van der Waals surface area contributed by atoms with E-state index in [1.165, 1.54) is 12.8 Å². The summed E-state index contributed by atoms with van der Waals surface area (Å²) < 4.78 is 27.3. The number of H-pyrrole nitrogens is 1. The highest BCUT2D eigenvalue weighted by molar-refractivity contribution is 7.89. The third kappa shape index (κ3) is 3.77. The van der Waals surface area contributed by atoms with Crippen LogP contribution in [0.4, 0.5) is 0 Å². The number of rotatable bonds is 8. The van der Waals surface area contributed by atoms with Crippen LogP contribution in [-0.4, -0.2) is 31.7 Å². The van der Waals surface area contributed by atoms with E-state index in [4.69, 9.17) is 0 Å². The van der Waals surface area contributed by atoms with Gasteiger partial charge in [0, 0.05) is 13.1 Å². The van der Waals surface area contributed by atoms with Crippen LogP contribution >= 0.6 is 0 Å². The average Bonchev–Trinajstić information content (AvgIpc) is 3.08. The van der Waals surface area contributed by atoms with Crippen LogP contribution in [-0.2, 0) is 16.6 Å². The standard InChI is InChI=1S/C12H22N4O2S/c1-3-13-8-11-12(9(2)15-16-11)19(17,18)14-7-6-10-4-5-10/h10,13-14H,3-8H2,1-2H3,(H,15,16). The Morgan fingerprint density at radius 1 is 1.42 bits per heavy atom. The Morgan fingerprint density at radius 2 is 2.16 bits per heavy atom. The monoisotopic (exact) mass is 286 g/mol. The summed E-state index contributed by atoms with van der Waals surface area (Å²) >= 11 is 0. The largest absolute Gasteiger partial charge is 0.311 e. The minimum absolute atomic E-state index is 0.296. The third-order valence-electron chi connectivity index (χ3n) is 3.31. The second-order valence-corrected chi connectivity index (χ2v) is 6.74. The molecule has 1 heterocycles. The van der Waals surface area contributed by atoms with Gasteiger partial charge in [-0.15, -0.1) is 0 Å². The molecule has 1 saturated carbocycles. The fourth-order valence-electron chi connectivity index (χ4n) is 2.07. The molecule has 1 fully saturated rings. The molecule has 108 valence electrons. The summed E-state index contributed by atoms with van der Waals surface area (Å²) in [6.07, 6.45) is 3.40. The van der Waals surface area contributed by atoms with Crippen molar-refractivity contribution in [1.82, 2.24) is 20.2 Å². The van der Waals surface area contributed by atoms with Crippen LogP contribution in [0, 0.1) is 12.8 Å². The van der Waals surface area contributed by atoms with Crippen LogP contribution in [0.5, 0.6) is 0 Å². The molecule has 19 heavy (non-hydrogen) atoms. The summed E-state index contributed by atoms with van der Waals surface area (Å²) in [5.74, 6) is 0.717. The predicted octanol–water partition coefficient (Wildman–Crippen LogP) is 0.906. The fourth-order valence-corrected chi connectivity index (χ4v) is 3.47. The van der Waals surface area contributed by atoms with E-state index in [0.717, 1.165) is 18.9 Å². The zero-order valence-electron chi connectivity index (χ0n) is 11.5. The fraction of sp³-hybridized carbons (Fsp3) is 0.750. The Kier molecular flexibility index (Phi) is 4.59. The molecule has 7 heteroatoms. The summed E-state index contributed by atoms with van der Waals surface area (Å²) in [6, 6.07) is 0. The number of nitrogens with one attached hydrogen (secondary N) is 3. The van der Waals surface area contributed by atoms with Crippen molar-refractivity contribution in [1.29, 1.82) is 0 Å². The highest BCUT2D eigenvalue weighted by atomic mass is 32.2. The van der Waals surface area contributed by atoms with Crippen LogP contribution in [0.15, 0.2) is 4.90 Å². The van der Waals surface area contributed by atoms with Crippen molar-refractivity contribution in [3.8, 4) is 0 Å². The summed E-state index contributed by atoms with van der Waals surface area (Å²) in [5, 5.41) is 9.92. The van der Waals surface area contributed by atoms with Crippen LogP contribution in [0.1, 0.15) is 37.6 Å². The van der Waals surface area contributed by atoms with Gasteiger partial charge in [0.15, 0.2) is 0 Å². The highest BCUT2D eigenvalue weighted by Crippen LogP contribution is 2.31. The molecular formula is C12H22N4O2S. The smallest absolute Gasteiger partial charge is 0.244 e. The van der Waals surface area contributed by atoms with E-state index >= 15 is 0 Å². The number of nitrogens with zero attached hydrogens (tertiary/aromatic N) is 1. The van der Waals surface area contributed by atoms with Gasteiger partial charge in [0.05, 0.1) is 11.4 Å². The number of aryl methyl sites for hydroxylation is 1. The molecule has 0 bridgehead atoms. The Hall–Kier alpha value is -0.920. The van der Waals surface area contributed by atoms with Crippen molar-refractivity contribution in [2.45, 2.75) is 44.6 Å². The Bertz CT molecular complexity index is 520. The quantitative estimate of drug-likeness (QED) is 0.663. The summed E-state index contributed by atoms with van der Waals surface area (Å²) in [7, 11) is -3.46. The third-order valence-corrected chi connectivity index (χ3v) is 4.98. The Labute approximate surface area is 114 Å². The molecule has 3 N–H and O–H groups in total. The molecule has 2 rings (SSSR count). The molecule has 0 aromatic carbocycles. The second-order valence-electron chi connectivity index (χ2n) is 5.03. The molecule has 6 nitrogen and oxygen atoms in total. The molecule has 1 aliphatic carbocycles. The summed E-state index contributed by atoms with van der Waals surface area (Å²) in [6.45, 7) is 5.46. The van der Waals surface area contributed by atoms with Crippen molar-refractivity contribution in [3.05, 3.63) is 11.4 Å². The number of aromatic nitrogens is 2. The van der Waals surface area contributed by atoms with Gasteiger partial charge in [-0.05, 0) is 25.8 Å². The molecule has 1 aliphatic rings.